The van der Waals surface area contributed by atoms with Crippen LogP contribution in [0.15, 0.2) is 24.3 Å². The number of amides is 1. The zero-order valence-electron chi connectivity index (χ0n) is 11.3. The van der Waals surface area contributed by atoms with E-state index in [-0.39, 0.29) is 11.9 Å². The van der Waals surface area contributed by atoms with Crippen LogP contribution in [0.3, 0.4) is 0 Å². The van der Waals surface area contributed by atoms with Crippen molar-refractivity contribution in [3.8, 4) is 5.75 Å². The average Bonchev–Trinajstić information content (AvgIpc) is 3.09. The lowest BCUT2D eigenvalue weighted by molar-refractivity contribution is 0.0928. The Kier molecular flexibility index (Phi) is 2.77. The van der Waals surface area contributed by atoms with E-state index >= 15 is 0 Å². The molecule has 1 aromatic rings. The fraction of sp³-hybridized carbons (Fsp3) is 0.438. The second-order valence-electron chi connectivity index (χ2n) is 5.90. The normalized spacial score (nSPS) is 29.9. The maximum absolute atomic E-state index is 12.4. The van der Waals surface area contributed by atoms with Crippen molar-refractivity contribution in [1.29, 1.82) is 0 Å². The highest BCUT2D eigenvalue weighted by Gasteiger charge is 2.40. The fourth-order valence-electron chi connectivity index (χ4n) is 3.52. The molecule has 4 nitrogen and oxygen atoms in total. The maximum atomic E-state index is 12.4. The van der Waals surface area contributed by atoms with Crippen LogP contribution in [0.2, 0.25) is 0 Å². The summed E-state index contributed by atoms with van der Waals surface area (Å²) in [6.07, 6.45) is 6.31. The van der Waals surface area contributed by atoms with Gasteiger partial charge in [-0.2, -0.15) is 0 Å². The molecule has 3 atom stereocenters. The van der Waals surface area contributed by atoms with Gasteiger partial charge < -0.3 is 15.4 Å². The molecule has 0 spiro atoms. The van der Waals surface area contributed by atoms with Crippen LogP contribution in [-0.4, -0.2) is 31.1 Å². The summed E-state index contributed by atoms with van der Waals surface area (Å²) in [6, 6.07) is 6.39. The number of benzene rings is 1. The quantitative estimate of drug-likeness (QED) is 0.857. The largest absolute Gasteiger partial charge is 0.489 e. The van der Waals surface area contributed by atoms with Gasteiger partial charge in [0.25, 0.3) is 5.91 Å². The van der Waals surface area contributed by atoms with E-state index < -0.39 is 0 Å². The van der Waals surface area contributed by atoms with E-state index in [1.807, 2.05) is 30.4 Å². The molecule has 0 aromatic heterocycles. The number of hydrogen-bond donors (Lipinski definition) is 2. The van der Waals surface area contributed by atoms with Gasteiger partial charge in [-0.3, -0.25) is 4.79 Å². The van der Waals surface area contributed by atoms with Crippen LogP contribution >= 0.6 is 0 Å². The third kappa shape index (κ3) is 2.00. The van der Waals surface area contributed by atoms with Crippen molar-refractivity contribution >= 4 is 12.0 Å². The SMILES string of the molecule is O=C(NC1CC2CNC1C2)c1ccc2c(c1)OCC=C2. The first kappa shape index (κ1) is 12.0. The number of carbonyl (C=O) groups is 1. The topological polar surface area (TPSA) is 50.4 Å². The van der Waals surface area contributed by atoms with E-state index in [0.717, 1.165) is 30.2 Å². The Labute approximate surface area is 118 Å². The van der Waals surface area contributed by atoms with Crippen LogP contribution in [0.4, 0.5) is 0 Å². The summed E-state index contributed by atoms with van der Waals surface area (Å²) in [4.78, 5) is 12.4. The van der Waals surface area contributed by atoms with E-state index in [0.29, 0.717) is 18.2 Å². The van der Waals surface area contributed by atoms with Gasteiger partial charge in [0.15, 0.2) is 0 Å². The second kappa shape index (κ2) is 4.63. The van der Waals surface area contributed by atoms with Crippen molar-refractivity contribution in [1.82, 2.24) is 10.6 Å². The zero-order valence-corrected chi connectivity index (χ0v) is 11.3. The van der Waals surface area contributed by atoms with Gasteiger partial charge in [-0.05, 0) is 43.5 Å². The molecule has 104 valence electrons. The van der Waals surface area contributed by atoms with Gasteiger partial charge in [0, 0.05) is 23.2 Å². The van der Waals surface area contributed by atoms with Crippen LogP contribution in [0.25, 0.3) is 6.08 Å². The molecular weight excluding hydrogens is 252 g/mol. The van der Waals surface area contributed by atoms with Gasteiger partial charge in [-0.1, -0.05) is 12.1 Å². The number of hydrogen-bond acceptors (Lipinski definition) is 3. The molecule has 2 heterocycles. The number of nitrogens with one attached hydrogen (secondary N) is 2. The predicted molar refractivity (Wildman–Crippen MR) is 76.7 cm³/mol. The first-order chi connectivity index (χ1) is 9.79. The Morgan fingerprint density at radius 1 is 1.35 bits per heavy atom. The summed E-state index contributed by atoms with van der Waals surface area (Å²) in [7, 11) is 0. The lowest BCUT2D eigenvalue weighted by Crippen LogP contribution is -2.47. The molecule has 3 aliphatic rings. The Balaban J connectivity index is 1.50. The Hall–Kier alpha value is -1.81. The molecule has 1 aliphatic carbocycles. The Morgan fingerprint density at radius 3 is 3.10 bits per heavy atom. The van der Waals surface area contributed by atoms with Gasteiger partial charge in [0.1, 0.15) is 12.4 Å². The molecule has 4 rings (SSSR count). The summed E-state index contributed by atoms with van der Waals surface area (Å²) in [5.74, 6) is 1.54. The van der Waals surface area contributed by atoms with Crippen molar-refractivity contribution in [3.05, 3.63) is 35.4 Å². The molecule has 2 aliphatic heterocycles. The lowest BCUT2D eigenvalue weighted by Gasteiger charge is -2.24. The molecule has 4 heteroatoms. The van der Waals surface area contributed by atoms with E-state index in [4.69, 9.17) is 4.74 Å². The summed E-state index contributed by atoms with van der Waals surface area (Å²) < 4.78 is 5.55. The summed E-state index contributed by atoms with van der Waals surface area (Å²) in [5.41, 5.74) is 1.72. The highest BCUT2D eigenvalue weighted by Crippen LogP contribution is 2.31. The minimum absolute atomic E-state index is 0.00491. The van der Waals surface area contributed by atoms with Crippen LogP contribution in [-0.2, 0) is 0 Å². The third-order valence-corrected chi connectivity index (χ3v) is 4.55. The monoisotopic (exact) mass is 270 g/mol. The third-order valence-electron chi connectivity index (χ3n) is 4.55. The van der Waals surface area contributed by atoms with Crippen LogP contribution < -0.4 is 15.4 Å². The minimum atomic E-state index is 0.00491. The number of rotatable bonds is 2. The van der Waals surface area contributed by atoms with Crippen molar-refractivity contribution in [2.75, 3.05) is 13.2 Å². The van der Waals surface area contributed by atoms with Crippen molar-refractivity contribution in [3.63, 3.8) is 0 Å². The first-order valence-corrected chi connectivity index (χ1v) is 7.27. The molecule has 20 heavy (non-hydrogen) atoms. The predicted octanol–water partition coefficient (Wildman–Crippen LogP) is 1.57. The average molecular weight is 270 g/mol. The molecule has 2 fully saturated rings. The minimum Gasteiger partial charge on any atom is -0.489 e. The van der Waals surface area contributed by atoms with Crippen LogP contribution in [0.1, 0.15) is 28.8 Å². The molecule has 2 bridgehead atoms. The van der Waals surface area contributed by atoms with Gasteiger partial charge in [0.2, 0.25) is 0 Å². The zero-order chi connectivity index (χ0) is 13.5. The Morgan fingerprint density at radius 2 is 2.30 bits per heavy atom. The molecule has 1 amide bonds. The van der Waals surface area contributed by atoms with E-state index in [1.165, 1.54) is 6.42 Å². The summed E-state index contributed by atoms with van der Waals surface area (Å²) in [6.45, 7) is 1.68. The molecular formula is C16H18N2O2. The highest BCUT2D eigenvalue weighted by molar-refractivity contribution is 5.95. The van der Waals surface area contributed by atoms with Gasteiger partial charge in [-0.25, -0.2) is 0 Å². The summed E-state index contributed by atoms with van der Waals surface area (Å²) in [5, 5.41) is 6.62. The maximum Gasteiger partial charge on any atom is 0.251 e. The molecule has 2 N–H and O–H groups in total. The van der Waals surface area contributed by atoms with E-state index in [1.54, 1.807) is 0 Å². The molecule has 1 saturated heterocycles. The number of piperidine rings is 1. The van der Waals surface area contributed by atoms with Crippen molar-refractivity contribution in [2.24, 2.45) is 5.92 Å². The van der Waals surface area contributed by atoms with Gasteiger partial charge >= 0.3 is 0 Å². The molecule has 3 unspecified atom stereocenters. The Bertz CT molecular complexity index is 582. The van der Waals surface area contributed by atoms with E-state index in [2.05, 4.69) is 10.6 Å². The van der Waals surface area contributed by atoms with Crippen molar-refractivity contribution in [2.45, 2.75) is 24.9 Å². The molecule has 1 aromatic carbocycles. The lowest BCUT2D eigenvalue weighted by atomic mass is 10.1. The molecule has 0 radical (unpaired) electrons. The molecule has 1 saturated carbocycles. The highest BCUT2D eigenvalue weighted by atomic mass is 16.5. The van der Waals surface area contributed by atoms with Crippen molar-refractivity contribution < 1.29 is 9.53 Å². The second-order valence-corrected chi connectivity index (χ2v) is 5.90. The fourth-order valence-corrected chi connectivity index (χ4v) is 3.52. The number of ether oxygens (including phenoxy) is 1. The van der Waals surface area contributed by atoms with Crippen LogP contribution in [0.5, 0.6) is 5.75 Å². The first-order valence-electron chi connectivity index (χ1n) is 7.27. The number of fused-ring (bicyclic) bond motifs is 3. The standard InChI is InChI=1S/C16H18N2O2/c19-16(18-14-7-10-6-13(14)17-9-10)12-4-3-11-2-1-5-20-15(11)8-12/h1-4,8,10,13-14,17H,5-7,9H2,(H,18,19). The summed E-state index contributed by atoms with van der Waals surface area (Å²) >= 11 is 0. The number of carbonyl (C=O) groups excluding carboxylic acids is 1. The van der Waals surface area contributed by atoms with E-state index in [9.17, 15) is 4.79 Å². The van der Waals surface area contributed by atoms with Crippen LogP contribution in [0, 0.1) is 5.92 Å². The van der Waals surface area contributed by atoms with Gasteiger partial charge in [-0.15, -0.1) is 0 Å². The van der Waals surface area contributed by atoms with Gasteiger partial charge in [0.05, 0.1) is 0 Å². The smallest absolute Gasteiger partial charge is 0.251 e.